The van der Waals surface area contributed by atoms with Crippen molar-refractivity contribution in [2.45, 2.75) is 46.5 Å². The van der Waals surface area contributed by atoms with Crippen LogP contribution in [0.4, 0.5) is 5.88 Å². The Labute approximate surface area is 85.7 Å². The van der Waals surface area contributed by atoms with Gasteiger partial charge in [-0.3, -0.25) is 0 Å². The molecule has 0 spiro atoms. The summed E-state index contributed by atoms with van der Waals surface area (Å²) in [6, 6.07) is 0. The normalized spacial score (nSPS) is 13.5. The van der Waals surface area contributed by atoms with Gasteiger partial charge in [-0.1, -0.05) is 32.9 Å². The summed E-state index contributed by atoms with van der Waals surface area (Å²) in [5.41, 5.74) is 7.90. The maximum absolute atomic E-state index is 5.75. The molecule has 80 valence electrons. The molecule has 0 saturated heterocycles. The van der Waals surface area contributed by atoms with Crippen molar-refractivity contribution < 1.29 is 4.52 Å². The molecule has 0 bridgehead atoms. The van der Waals surface area contributed by atoms with E-state index in [1.165, 1.54) is 0 Å². The van der Waals surface area contributed by atoms with Crippen LogP contribution in [0, 0.1) is 5.92 Å². The molecule has 1 unspecified atom stereocenters. The van der Waals surface area contributed by atoms with Crippen LogP contribution in [-0.4, -0.2) is 5.16 Å². The molecule has 1 heterocycles. The zero-order chi connectivity index (χ0) is 10.7. The van der Waals surface area contributed by atoms with Gasteiger partial charge in [0.1, 0.15) is 0 Å². The lowest BCUT2D eigenvalue weighted by atomic mass is 9.95. The fraction of sp³-hybridized carbons (Fsp3) is 0.727. The summed E-state index contributed by atoms with van der Waals surface area (Å²) >= 11 is 0. The van der Waals surface area contributed by atoms with Crippen molar-refractivity contribution in [3.05, 3.63) is 11.3 Å². The molecular formula is C11H20N2O. The quantitative estimate of drug-likeness (QED) is 0.805. The Morgan fingerprint density at radius 2 is 2.00 bits per heavy atom. The molecule has 1 aromatic heterocycles. The molecule has 2 N–H and O–H groups in total. The summed E-state index contributed by atoms with van der Waals surface area (Å²) in [6.45, 7) is 8.65. The monoisotopic (exact) mass is 196 g/mol. The van der Waals surface area contributed by atoms with Crippen LogP contribution in [0.25, 0.3) is 0 Å². The first-order chi connectivity index (χ1) is 6.56. The maximum Gasteiger partial charge on any atom is 0.225 e. The van der Waals surface area contributed by atoms with Crippen molar-refractivity contribution in [3.63, 3.8) is 0 Å². The Morgan fingerprint density at radius 1 is 1.36 bits per heavy atom. The summed E-state index contributed by atoms with van der Waals surface area (Å²) in [5, 5.41) is 4.04. The molecule has 0 aliphatic carbocycles. The van der Waals surface area contributed by atoms with E-state index in [4.69, 9.17) is 10.3 Å². The van der Waals surface area contributed by atoms with Gasteiger partial charge in [0.2, 0.25) is 5.88 Å². The Morgan fingerprint density at radius 3 is 2.50 bits per heavy atom. The number of hydrogen-bond acceptors (Lipinski definition) is 3. The zero-order valence-electron chi connectivity index (χ0n) is 9.50. The number of anilines is 1. The van der Waals surface area contributed by atoms with Crippen molar-refractivity contribution in [2.75, 3.05) is 5.73 Å². The highest BCUT2D eigenvalue weighted by Crippen LogP contribution is 2.27. The number of nitrogens with zero attached hydrogens (tertiary/aromatic N) is 1. The summed E-state index contributed by atoms with van der Waals surface area (Å²) in [5.74, 6) is 1.51. The van der Waals surface area contributed by atoms with E-state index in [9.17, 15) is 0 Å². The van der Waals surface area contributed by atoms with E-state index in [0.717, 1.165) is 24.1 Å². The third-order valence-electron chi connectivity index (χ3n) is 2.54. The van der Waals surface area contributed by atoms with Gasteiger partial charge in [0.25, 0.3) is 0 Å². The Hall–Kier alpha value is -0.990. The first kappa shape index (κ1) is 11.1. The Balaban J connectivity index is 2.93. The van der Waals surface area contributed by atoms with Crippen molar-refractivity contribution in [2.24, 2.45) is 5.92 Å². The second kappa shape index (κ2) is 4.49. The van der Waals surface area contributed by atoms with E-state index in [0.29, 0.717) is 17.7 Å². The molecule has 0 aliphatic heterocycles. The van der Waals surface area contributed by atoms with Gasteiger partial charge >= 0.3 is 0 Å². The van der Waals surface area contributed by atoms with Gasteiger partial charge in [0.15, 0.2) is 0 Å². The fourth-order valence-electron chi connectivity index (χ4n) is 1.53. The lowest BCUT2D eigenvalue weighted by Crippen LogP contribution is -2.03. The SMILES string of the molecule is CCC(C)c1noc(N)c1CC(C)C. The summed E-state index contributed by atoms with van der Waals surface area (Å²) in [7, 11) is 0. The average molecular weight is 196 g/mol. The van der Waals surface area contributed by atoms with Crippen molar-refractivity contribution in [1.82, 2.24) is 5.16 Å². The minimum absolute atomic E-state index is 0.435. The van der Waals surface area contributed by atoms with Crippen LogP contribution in [0.5, 0.6) is 0 Å². The maximum atomic E-state index is 5.75. The van der Waals surface area contributed by atoms with Crippen LogP contribution in [-0.2, 0) is 6.42 Å². The number of rotatable bonds is 4. The highest BCUT2D eigenvalue weighted by atomic mass is 16.5. The largest absolute Gasteiger partial charge is 0.367 e. The molecule has 3 heteroatoms. The van der Waals surface area contributed by atoms with Gasteiger partial charge in [-0.25, -0.2) is 0 Å². The molecule has 0 aliphatic rings. The standard InChI is InChI=1S/C11H20N2O/c1-5-8(4)10-9(6-7(2)3)11(12)14-13-10/h7-8H,5-6,12H2,1-4H3. The molecular weight excluding hydrogens is 176 g/mol. The van der Waals surface area contributed by atoms with E-state index in [1.807, 2.05) is 0 Å². The highest BCUT2D eigenvalue weighted by Gasteiger charge is 2.18. The van der Waals surface area contributed by atoms with E-state index in [-0.39, 0.29) is 0 Å². The number of aromatic nitrogens is 1. The molecule has 0 radical (unpaired) electrons. The first-order valence-corrected chi connectivity index (χ1v) is 5.30. The zero-order valence-corrected chi connectivity index (χ0v) is 9.50. The molecule has 1 rings (SSSR count). The lowest BCUT2D eigenvalue weighted by Gasteiger charge is -2.08. The minimum atomic E-state index is 0.435. The topological polar surface area (TPSA) is 52.0 Å². The second-order valence-corrected chi connectivity index (χ2v) is 4.32. The van der Waals surface area contributed by atoms with Gasteiger partial charge in [-0.15, -0.1) is 0 Å². The van der Waals surface area contributed by atoms with Gasteiger partial charge in [0.05, 0.1) is 5.69 Å². The predicted molar refractivity (Wildman–Crippen MR) is 58.2 cm³/mol. The number of nitrogen functional groups attached to an aromatic ring is 1. The molecule has 0 saturated carbocycles. The molecule has 0 aromatic carbocycles. The van der Waals surface area contributed by atoms with E-state index < -0.39 is 0 Å². The minimum Gasteiger partial charge on any atom is -0.367 e. The smallest absolute Gasteiger partial charge is 0.225 e. The highest BCUT2D eigenvalue weighted by molar-refractivity contribution is 5.40. The van der Waals surface area contributed by atoms with Crippen LogP contribution >= 0.6 is 0 Å². The van der Waals surface area contributed by atoms with E-state index >= 15 is 0 Å². The van der Waals surface area contributed by atoms with E-state index in [1.54, 1.807) is 0 Å². The van der Waals surface area contributed by atoms with Gasteiger partial charge in [-0.05, 0) is 18.8 Å². The second-order valence-electron chi connectivity index (χ2n) is 4.32. The Bertz CT molecular complexity index is 291. The van der Waals surface area contributed by atoms with Crippen molar-refractivity contribution in [1.29, 1.82) is 0 Å². The van der Waals surface area contributed by atoms with Gasteiger partial charge < -0.3 is 10.3 Å². The van der Waals surface area contributed by atoms with E-state index in [2.05, 4.69) is 32.9 Å². The molecule has 1 atom stereocenters. The number of nitrogens with two attached hydrogens (primary N) is 1. The molecule has 14 heavy (non-hydrogen) atoms. The average Bonchev–Trinajstić information content (AvgIpc) is 2.46. The van der Waals surface area contributed by atoms with Crippen LogP contribution in [0.1, 0.15) is 51.3 Å². The third kappa shape index (κ3) is 2.28. The molecule has 3 nitrogen and oxygen atoms in total. The summed E-state index contributed by atoms with van der Waals surface area (Å²) in [4.78, 5) is 0. The van der Waals surface area contributed by atoms with Crippen LogP contribution in [0.3, 0.4) is 0 Å². The molecule has 0 fully saturated rings. The fourth-order valence-corrected chi connectivity index (χ4v) is 1.53. The van der Waals surface area contributed by atoms with Crippen LogP contribution < -0.4 is 5.73 Å². The third-order valence-corrected chi connectivity index (χ3v) is 2.54. The van der Waals surface area contributed by atoms with Gasteiger partial charge in [0, 0.05) is 11.5 Å². The summed E-state index contributed by atoms with van der Waals surface area (Å²) < 4.78 is 5.05. The Kier molecular flexibility index (Phi) is 3.55. The molecule has 1 aromatic rings. The predicted octanol–water partition coefficient (Wildman–Crippen LogP) is 2.97. The van der Waals surface area contributed by atoms with Crippen LogP contribution in [0.15, 0.2) is 4.52 Å². The van der Waals surface area contributed by atoms with Crippen LogP contribution in [0.2, 0.25) is 0 Å². The van der Waals surface area contributed by atoms with Gasteiger partial charge in [-0.2, -0.15) is 0 Å². The lowest BCUT2D eigenvalue weighted by molar-refractivity contribution is 0.420. The van der Waals surface area contributed by atoms with Crippen molar-refractivity contribution in [3.8, 4) is 0 Å². The molecule has 0 amide bonds. The number of hydrogen-bond donors (Lipinski definition) is 1. The summed E-state index contributed by atoms with van der Waals surface area (Å²) in [6.07, 6.45) is 2.02. The first-order valence-electron chi connectivity index (χ1n) is 5.30. The van der Waals surface area contributed by atoms with Crippen molar-refractivity contribution >= 4 is 5.88 Å².